The molecule has 0 radical (unpaired) electrons. The second kappa shape index (κ2) is 6.38. The second-order valence-corrected chi connectivity index (χ2v) is 4.15. The second-order valence-electron chi connectivity index (χ2n) is 4.15. The third-order valence-electron chi connectivity index (χ3n) is 2.39. The molecule has 0 saturated carbocycles. The van der Waals surface area contributed by atoms with Crippen LogP contribution in [0.5, 0.6) is 0 Å². The van der Waals surface area contributed by atoms with E-state index >= 15 is 0 Å². The lowest BCUT2D eigenvalue weighted by atomic mass is 9.98. The van der Waals surface area contributed by atoms with Crippen molar-refractivity contribution in [1.29, 1.82) is 0 Å². The molecule has 0 aromatic rings. The SMILES string of the molecule is C=CC(CC(C)=O)OC(=O)C(C)C(C)C. The average molecular weight is 212 g/mol. The highest BCUT2D eigenvalue weighted by atomic mass is 16.5. The number of ether oxygens (including phenoxy) is 1. The van der Waals surface area contributed by atoms with Crippen LogP contribution in [0.3, 0.4) is 0 Å². The maximum Gasteiger partial charge on any atom is 0.309 e. The van der Waals surface area contributed by atoms with Crippen molar-refractivity contribution in [2.75, 3.05) is 0 Å². The Morgan fingerprint density at radius 3 is 2.20 bits per heavy atom. The molecule has 2 atom stereocenters. The topological polar surface area (TPSA) is 43.4 Å². The van der Waals surface area contributed by atoms with Crippen LogP contribution in [0.25, 0.3) is 0 Å². The van der Waals surface area contributed by atoms with Crippen molar-refractivity contribution < 1.29 is 14.3 Å². The van der Waals surface area contributed by atoms with Crippen LogP contribution >= 0.6 is 0 Å². The molecule has 3 nitrogen and oxygen atoms in total. The van der Waals surface area contributed by atoms with Crippen molar-refractivity contribution in [2.24, 2.45) is 11.8 Å². The number of Topliss-reactive ketones (excluding diaryl/α,β-unsaturated/α-hetero) is 1. The van der Waals surface area contributed by atoms with Crippen molar-refractivity contribution in [2.45, 2.75) is 40.2 Å². The Kier molecular flexibility index (Phi) is 5.90. The van der Waals surface area contributed by atoms with E-state index in [0.29, 0.717) is 0 Å². The minimum atomic E-state index is -0.490. The lowest BCUT2D eigenvalue weighted by molar-refractivity contribution is -0.153. The molecule has 0 aromatic carbocycles. The molecule has 0 aliphatic heterocycles. The first-order chi connectivity index (χ1) is 6.88. The van der Waals surface area contributed by atoms with E-state index in [1.54, 1.807) is 0 Å². The fourth-order valence-corrected chi connectivity index (χ4v) is 0.985. The first-order valence-corrected chi connectivity index (χ1v) is 5.21. The lowest BCUT2D eigenvalue weighted by Gasteiger charge is -2.18. The molecule has 3 heteroatoms. The van der Waals surface area contributed by atoms with Crippen LogP contribution in [-0.4, -0.2) is 17.9 Å². The highest BCUT2D eigenvalue weighted by Crippen LogP contribution is 2.14. The van der Waals surface area contributed by atoms with Crippen LogP contribution < -0.4 is 0 Å². The standard InChI is InChI=1S/C12H20O3/c1-6-11(7-9(4)13)15-12(14)10(5)8(2)3/h6,8,10-11H,1,7H2,2-5H3. The van der Waals surface area contributed by atoms with E-state index < -0.39 is 6.10 Å². The van der Waals surface area contributed by atoms with E-state index in [2.05, 4.69) is 6.58 Å². The molecule has 0 rings (SSSR count). The van der Waals surface area contributed by atoms with Crippen LogP contribution in [0, 0.1) is 11.8 Å². The molecule has 15 heavy (non-hydrogen) atoms. The molecule has 0 spiro atoms. The molecule has 0 heterocycles. The summed E-state index contributed by atoms with van der Waals surface area (Å²) in [6.45, 7) is 10.7. The molecule has 86 valence electrons. The summed E-state index contributed by atoms with van der Waals surface area (Å²) in [4.78, 5) is 22.4. The number of esters is 1. The van der Waals surface area contributed by atoms with Gasteiger partial charge in [0.25, 0.3) is 0 Å². The summed E-state index contributed by atoms with van der Waals surface area (Å²) in [5.41, 5.74) is 0. The fraction of sp³-hybridized carbons (Fsp3) is 0.667. The Labute approximate surface area is 91.5 Å². The molecule has 0 aromatic heterocycles. The first-order valence-electron chi connectivity index (χ1n) is 5.21. The van der Waals surface area contributed by atoms with Gasteiger partial charge in [-0.3, -0.25) is 9.59 Å². The van der Waals surface area contributed by atoms with E-state index in [1.165, 1.54) is 13.0 Å². The molecule has 0 aliphatic rings. The third-order valence-corrected chi connectivity index (χ3v) is 2.39. The zero-order valence-corrected chi connectivity index (χ0v) is 9.95. The Bertz CT molecular complexity index is 243. The summed E-state index contributed by atoms with van der Waals surface area (Å²) in [6.07, 6.45) is 1.21. The predicted molar refractivity (Wildman–Crippen MR) is 59.4 cm³/mol. The number of rotatable bonds is 6. The summed E-state index contributed by atoms with van der Waals surface area (Å²) in [6, 6.07) is 0. The first kappa shape index (κ1) is 13.9. The van der Waals surface area contributed by atoms with Gasteiger partial charge in [-0.25, -0.2) is 0 Å². The summed E-state index contributed by atoms with van der Waals surface area (Å²) >= 11 is 0. The van der Waals surface area contributed by atoms with Crippen molar-refractivity contribution in [1.82, 2.24) is 0 Å². The van der Waals surface area contributed by atoms with Gasteiger partial charge in [0.15, 0.2) is 0 Å². The molecule has 0 bridgehead atoms. The molecular weight excluding hydrogens is 192 g/mol. The van der Waals surface area contributed by atoms with E-state index in [9.17, 15) is 9.59 Å². The van der Waals surface area contributed by atoms with Gasteiger partial charge in [-0.1, -0.05) is 33.4 Å². The third kappa shape index (κ3) is 5.35. The van der Waals surface area contributed by atoms with Gasteiger partial charge < -0.3 is 4.74 Å². The Morgan fingerprint density at radius 1 is 1.33 bits per heavy atom. The van der Waals surface area contributed by atoms with E-state index in [0.717, 1.165) is 0 Å². The molecule has 0 N–H and O–H groups in total. The summed E-state index contributed by atoms with van der Waals surface area (Å²) in [5, 5.41) is 0. The number of ketones is 1. The molecule has 0 amide bonds. The minimum absolute atomic E-state index is 0.00935. The smallest absolute Gasteiger partial charge is 0.309 e. The van der Waals surface area contributed by atoms with Gasteiger partial charge in [0.2, 0.25) is 0 Å². The summed E-state index contributed by atoms with van der Waals surface area (Å²) in [7, 11) is 0. The van der Waals surface area contributed by atoms with Crippen LogP contribution in [0.2, 0.25) is 0 Å². The van der Waals surface area contributed by atoms with Crippen molar-refractivity contribution >= 4 is 11.8 Å². The van der Waals surface area contributed by atoms with Crippen molar-refractivity contribution in [3.05, 3.63) is 12.7 Å². The zero-order valence-electron chi connectivity index (χ0n) is 9.95. The molecule has 0 fully saturated rings. The monoisotopic (exact) mass is 212 g/mol. The maximum atomic E-state index is 11.6. The van der Waals surface area contributed by atoms with Crippen molar-refractivity contribution in [3.8, 4) is 0 Å². The van der Waals surface area contributed by atoms with E-state index in [1.807, 2.05) is 20.8 Å². The molecular formula is C12H20O3. The molecule has 2 unspecified atom stereocenters. The molecule has 0 saturated heterocycles. The fourth-order valence-electron chi connectivity index (χ4n) is 0.985. The zero-order chi connectivity index (χ0) is 12.0. The minimum Gasteiger partial charge on any atom is -0.457 e. The quantitative estimate of drug-likeness (QED) is 0.501. The predicted octanol–water partition coefficient (Wildman–Crippen LogP) is 2.36. The van der Waals surface area contributed by atoms with Gasteiger partial charge >= 0.3 is 5.97 Å². The highest BCUT2D eigenvalue weighted by Gasteiger charge is 2.21. The largest absolute Gasteiger partial charge is 0.457 e. The van der Waals surface area contributed by atoms with Crippen LogP contribution in [0.4, 0.5) is 0 Å². The van der Waals surface area contributed by atoms with Gasteiger partial charge in [-0.15, -0.1) is 0 Å². The van der Waals surface area contributed by atoms with Gasteiger partial charge in [0, 0.05) is 6.42 Å². The normalized spacial score (nSPS) is 14.5. The van der Waals surface area contributed by atoms with Gasteiger partial charge in [-0.2, -0.15) is 0 Å². The number of carbonyl (C=O) groups excluding carboxylic acids is 2. The van der Waals surface area contributed by atoms with Crippen molar-refractivity contribution in [3.63, 3.8) is 0 Å². The van der Waals surface area contributed by atoms with E-state index in [-0.39, 0.29) is 30.0 Å². The van der Waals surface area contributed by atoms with Gasteiger partial charge in [0.05, 0.1) is 5.92 Å². The van der Waals surface area contributed by atoms with Crippen LogP contribution in [-0.2, 0) is 14.3 Å². The number of hydrogen-bond acceptors (Lipinski definition) is 3. The number of carbonyl (C=O) groups is 2. The Morgan fingerprint density at radius 2 is 1.87 bits per heavy atom. The van der Waals surface area contributed by atoms with E-state index in [4.69, 9.17) is 4.74 Å². The summed E-state index contributed by atoms with van der Waals surface area (Å²) < 4.78 is 5.16. The highest BCUT2D eigenvalue weighted by molar-refractivity contribution is 5.77. The van der Waals surface area contributed by atoms with Crippen LogP contribution in [0.15, 0.2) is 12.7 Å². The number of hydrogen-bond donors (Lipinski definition) is 0. The van der Waals surface area contributed by atoms with Crippen LogP contribution in [0.1, 0.15) is 34.1 Å². The summed E-state index contributed by atoms with van der Waals surface area (Å²) in [5.74, 6) is -0.194. The Balaban J connectivity index is 4.24. The average Bonchev–Trinajstić information content (AvgIpc) is 2.14. The van der Waals surface area contributed by atoms with Gasteiger partial charge in [0.1, 0.15) is 11.9 Å². The lowest BCUT2D eigenvalue weighted by Crippen LogP contribution is -2.25. The molecule has 0 aliphatic carbocycles. The Hall–Kier alpha value is -1.12. The maximum absolute atomic E-state index is 11.6. The van der Waals surface area contributed by atoms with Gasteiger partial charge in [-0.05, 0) is 12.8 Å².